The Labute approximate surface area is 76.4 Å². The normalized spacial score (nSPS) is 20.7. The summed E-state index contributed by atoms with van der Waals surface area (Å²) in [7, 11) is 0. The van der Waals surface area contributed by atoms with E-state index in [0.29, 0.717) is 0 Å². The molecule has 1 atom stereocenters. The van der Waals surface area contributed by atoms with Gasteiger partial charge in [0, 0.05) is 18.6 Å². The highest BCUT2D eigenvalue weighted by Gasteiger charge is 2.11. The first-order chi connectivity index (χ1) is 6.38. The monoisotopic (exact) mass is 174 g/mol. The summed E-state index contributed by atoms with van der Waals surface area (Å²) in [6, 6.07) is 3.81. The molecule has 0 aliphatic carbocycles. The van der Waals surface area contributed by atoms with E-state index in [-0.39, 0.29) is 6.29 Å². The SMILES string of the molecule is NC1N=CC=CN1c1cccnc1. The Hall–Kier alpha value is -1.68. The Kier molecular flexibility index (Phi) is 2.06. The van der Waals surface area contributed by atoms with Gasteiger partial charge in [0.25, 0.3) is 0 Å². The van der Waals surface area contributed by atoms with Gasteiger partial charge >= 0.3 is 0 Å². The zero-order valence-electron chi connectivity index (χ0n) is 7.04. The van der Waals surface area contributed by atoms with Gasteiger partial charge in [-0.25, -0.2) is 0 Å². The summed E-state index contributed by atoms with van der Waals surface area (Å²) < 4.78 is 0. The molecule has 1 unspecified atom stereocenters. The van der Waals surface area contributed by atoms with Gasteiger partial charge in [-0.3, -0.25) is 15.7 Å². The van der Waals surface area contributed by atoms with Gasteiger partial charge < -0.3 is 4.90 Å². The van der Waals surface area contributed by atoms with Crippen LogP contribution in [-0.2, 0) is 0 Å². The summed E-state index contributed by atoms with van der Waals surface area (Å²) in [4.78, 5) is 9.92. The highest BCUT2D eigenvalue weighted by Crippen LogP contribution is 2.15. The van der Waals surface area contributed by atoms with Crippen LogP contribution in [0.5, 0.6) is 0 Å². The lowest BCUT2D eigenvalue weighted by molar-refractivity contribution is 0.710. The highest BCUT2D eigenvalue weighted by atomic mass is 15.3. The minimum Gasteiger partial charge on any atom is -0.312 e. The third-order valence-corrected chi connectivity index (χ3v) is 1.80. The maximum atomic E-state index is 5.76. The average molecular weight is 174 g/mol. The second-order valence-corrected chi connectivity index (χ2v) is 2.67. The van der Waals surface area contributed by atoms with Gasteiger partial charge in [-0.1, -0.05) is 0 Å². The van der Waals surface area contributed by atoms with Gasteiger partial charge in [-0.15, -0.1) is 0 Å². The molecule has 0 bridgehead atoms. The molecular weight excluding hydrogens is 164 g/mol. The van der Waals surface area contributed by atoms with Crippen LogP contribution in [0.15, 0.2) is 41.8 Å². The van der Waals surface area contributed by atoms with Crippen molar-refractivity contribution in [3.63, 3.8) is 0 Å². The van der Waals surface area contributed by atoms with Crippen molar-refractivity contribution in [2.24, 2.45) is 10.7 Å². The molecule has 0 aromatic carbocycles. The van der Waals surface area contributed by atoms with E-state index in [2.05, 4.69) is 9.98 Å². The molecule has 1 aromatic heterocycles. The largest absolute Gasteiger partial charge is 0.312 e. The number of anilines is 1. The maximum absolute atomic E-state index is 5.76. The van der Waals surface area contributed by atoms with Crippen molar-refractivity contribution in [2.75, 3.05) is 4.90 Å². The van der Waals surface area contributed by atoms with Crippen molar-refractivity contribution in [1.82, 2.24) is 4.98 Å². The van der Waals surface area contributed by atoms with Crippen LogP contribution >= 0.6 is 0 Å². The molecule has 1 aromatic rings. The molecule has 2 N–H and O–H groups in total. The van der Waals surface area contributed by atoms with Crippen molar-refractivity contribution in [2.45, 2.75) is 6.29 Å². The number of aromatic nitrogens is 1. The van der Waals surface area contributed by atoms with Gasteiger partial charge in [0.05, 0.1) is 11.9 Å². The van der Waals surface area contributed by atoms with Crippen LogP contribution in [0.2, 0.25) is 0 Å². The maximum Gasteiger partial charge on any atom is 0.177 e. The fourth-order valence-corrected chi connectivity index (χ4v) is 1.17. The number of allylic oxidation sites excluding steroid dienone is 1. The molecule has 66 valence electrons. The van der Waals surface area contributed by atoms with Crippen LogP contribution < -0.4 is 10.6 Å². The quantitative estimate of drug-likeness (QED) is 0.682. The lowest BCUT2D eigenvalue weighted by Gasteiger charge is -2.25. The number of hydrogen-bond acceptors (Lipinski definition) is 4. The second-order valence-electron chi connectivity index (χ2n) is 2.67. The first-order valence-corrected chi connectivity index (χ1v) is 4.02. The molecular formula is C9H10N4. The van der Waals surface area contributed by atoms with Crippen LogP contribution in [-0.4, -0.2) is 17.5 Å². The first kappa shape index (κ1) is 7.94. The second kappa shape index (κ2) is 3.37. The lowest BCUT2D eigenvalue weighted by atomic mass is 10.3. The Balaban J connectivity index is 2.27. The molecule has 4 nitrogen and oxygen atoms in total. The van der Waals surface area contributed by atoms with E-state index in [1.54, 1.807) is 18.6 Å². The Morgan fingerprint density at radius 3 is 3.08 bits per heavy atom. The molecule has 13 heavy (non-hydrogen) atoms. The number of aliphatic imine (C=N–C) groups is 1. The Morgan fingerprint density at radius 2 is 2.38 bits per heavy atom. The summed E-state index contributed by atoms with van der Waals surface area (Å²) in [6.45, 7) is 0. The molecule has 0 saturated carbocycles. The van der Waals surface area contributed by atoms with Crippen LogP contribution in [0.4, 0.5) is 5.69 Å². The number of nitrogens with zero attached hydrogens (tertiary/aromatic N) is 3. The third-order valence-electron chi connectivity index (χ3n) is 1.80. The fraction of sp³-hybridized carbons (Fsp3) is 0.111. The summed E-state index contributed by atoms with van der Waals surface area (Å²) in [5, 5.41) is 0. The van der Waals surface area contributed by atoms with Crippen molar-refractivity contribution in [3.05, 3.63) is 36.8 Å². The van der Waals surface area contributed by atoms with Gasteiger partial charge in [0.15, 0.2) is 6.29 Å². The number of nitrogens with two attached hydrogens (primary N) is 1. The number of hydrogen-bond donors (Lipinski definition) is 1. The molecule has 0 saturated heterocycles. The van der Waals surface area contributed by atoms with Crippen molar-refractivity contribution in [3.8, 4) is 0 Å². The number of rotatable bonds is 1. The standard InChI is InChI=1S/C9H10N4/c10-9-12-5-2-6-13(9)8-3-1-4-11-7-8/h1-7,9H,10H2. The predicted molar refractivity (Wildman–Crippen MR) is 52.3 cm³/mol. The summed E-state index contributed by atoms with van der Waals surface area (Å²) in [5.41, 5.74) is 6.71. The van der Waals surface area contributed by atoms with E-state index < -0.39 is 0 Å². The van der Waals surface area contributed by atoms with Gasteiger partial charge in [-0.05, 0) is 18.2 Å². The summed E-state index contributed by atoms with van der Waals surface area (Å²) in [5.74, 6) is 0. The Morgan fingerprint density at radius 1 is 1.46 bits per heavy atom. The van der Waals surface area contributed by atoms with Crippen molar-refractivity contribution < 1.29 is 0 Å². The minimum atomic E-state index is -0.339. The van der Waals surface area contributed by atoms with Crippen LogP contribution in [0.3, 0.4) is 0 Å². The predicted octanol–water partition coefficient (Wildman–Crippen LogP) is 0.728. The zero-order valence-corrected chi connectivity index (χ0v) is 7.04. The van der Waals surface area contributed by atoms with E-state index >= 15 is 0 Å². The molecule has 4 heteroatoms. The molecule has 1 aliphatic heterocycles. The summed E-state index contributed by atoms with van der Waals surface area (Å²) >= 11 is 0. The minimum absolute atomic E-state index is 0.339. The van der Waals surface area contributed by atoms with Crippen molar-refractivity contribution in [1.29, 1.82) is 0 Å². The average Bonchev–Trinajstić information content (AvgIpc) is 2.20. The van der Waals surface area contributed by atoms with Crippen molar-refractivity contribution >= 4 is 11.9 Å². The van der Waals surface area contributed by atoms with E-state index in [4.69, 9.17) is 5.73 Å². The van der Waals surface area contributed by atoms with E-state index in [0.717, 1.165) is 5.69 Å². The first-order valence-electron chi connectivity index (χ1n) is 4.02. The molecule has 0 fully saturated rings. The smallest absolute Gasteiger partial charge is 0.177 e. The van der Waals surface area contributed by atoms with E-state index in [1.165, 1.54) is 0 Å². The summed E-state index contributed by atoms with van der Waals surface area (Å²) in [6.07, 6.45) is 8.56. The molecule has 0 radical (unpaired) electrons. The van der Waals surface area contributed by atoms with Crippen LogP contribution in [0.1, 0.15) is 0 Å². The van der Waals surface area contributed by atoms with E-state index in [9.17, 15) is 0 Å². The molecule has 2 heterocycles. The molecule has 1 aliphatic rings. The fourth-order valence-electron chi connectivity index (χ4n) is 1.17. The Bertz CT molecular complexity index is 331. The van der Waals surface area contributed by atoms with E-state index in [1.807, 2.05) is 29.3 Å². The zero-order chi connectivity index (χ0) is 9.10. The number of pyridine rings is 1. The van der Waals surface area contributed by atoms with Crippen LogP contribution in [0, 0.1) is 0 Å². The van der Waals surface area contributed by atoms with Gasteiger partial charge in [-0.2, -0.15) is 0 Å². The topological polar surface area (TPSA) is 54.5 Å². The van der Waals surface area contributed by atoms with Gasteiger partial charge in [0.2, 0.25) is 0 Å². The van der Waals surface area contributed by atoms with Crippen LogP contribution in [0.25, 0.3) is 0 Å². The molecule has 0 spiro atoms. The molecule has 0 amide bonds. The molecule has 2 rings (SSSR count). The van der Waals surface area contributed by atoms with Gasteiger partial charge in [0.1, 0.15) is 0 Å². The lowest BCUT2D eigenvalue weighted by Crippen LogP contribution is -2.38. The third kappa shape index (κ3) is 1.57. The highest BCUT2D eigenvalue weighted by molar-refractivity contribution is 5.74.